The number of rotatable bonds is 2. The molecule has 25 heavy (non-hydrogen) atoms. The van der Waals surface area contributed by atoms with Crippen molar-refractivity contribution < 1.29 is 4.79 Å². The number of carbonyl (C=O) groups is 1. The van der Waals surface area contributed by atoms with E-state index in [2.05, 4.69) is 14.8 Å². The predicted molar refractivity (Wildman–Crippen MR) is 101 cm³/mol. The number of carbonyl (C=O) groups excluding carboxylic acids is 1. The van der Waals surface area contributed by atoms with Crippen LogP contribution in [0.4, 0.5) is 0 Å². The van der Waals surface area contributed by atoms with Crippen molar-refractivity contribution in [2.45, 2.75) is 25.1 Å². The molecule has 0 saturated carbocycles. The zero-order valence-electron chi connectivity index (χ0n) is 13.7. The van der Waals surface area contributed by atoms with Crippen LogP contribution in [0, 0.1) is 0 Å². The van der Waals surface area contributed by atoms with Crippen LogP contribution in [-0.4, -0.2) is 37.9 Å². The monoisotopic (exact) mass is 370 g/mol. The van der Waals surface area contributed by atoms with Crippen molar-refractivity contribution in [2.75, 3.05) is 12.3 Å². The van der Waals surface area contributed by atoms with Crippen LogP contribution >= 0.6 is 23.1 Å². The van der Waals surface area contributed by atoms with E-state index in [1.807, 2.05) is 47.4 Å². The molecule has 5 nitrogen and oxygen atoms in total. The van der Waals surface area contributed by atoms with Gasteiger partial charge in [-0.2, -0.15) is 16.9 Å². The first-order chi connectivity index (χ1) is 12.3. The summed E-state index contributed by atoms with van der Waals surface area (Å²) < 4.78 is 2.09. The number of nitrogens with zero attached hydrogens (tertiary/aromatic N) is 3. The van der Waals surface area contributed by atoms with Gasteiger partial charge in [-0.15, -0.1) is 11.3 Å². The summed E-state index contributed by atoms with van der Waals surface area (Å²) in [5, 5.41) is 8.23. The van der Waals surface area contributed by atoms with Crippen LogP contribution in [0.5, 0.6) is 0 Å². The third-order valence-corrected chi connectivity index (χ3v) is 7.36. The molecule has 2 aliphatic heterocycles. The fraction of sp³-hybridized carbons (Fsp3) is 0.333. The van der Waals surface area contributed by atoms with Crippen molar-refractivity contribution in [3.05, 3.63) is 58.0 Å². The van der Waals surface area contributed by atoms with E-state index < -0.39 is 0 Å². The van der Waals surface area contributed by atoms with Gasteiger partial charge in [-0.3, -0.25) is 9.89 Å². The number of H-pyrrole nitrogens is 1. The first kappa shape index (κ1) is 15.3. The maximum Gasteiger partial charge on any atom is 0.257 e. The maximum absolute atomic E-state index is 13.5. The average Bonchev–Trinajstić information content (AvgIpc) is 3.38. The number of amides is 1. The Bertz CT molecular complexity index is 925. The molecule has 0 unspecified atom stereocenters. The van der Waals surface area contributed by atoms with Crippen LogP contribution in [0.3, 0.4) is 0 Å². The van der Waals surface area contributed by atoms with Gasteiger partial charge in [0.2, 0.25) is 0 Å². The Morgan fingerprint density at radius 3 is 3.00 bits per heavy atom. The minimum Gasteiger partial charge on any atom is -0.334 e. The van der Waals surface area contributed by atoms with E-state index >= 15 is 0 Å². The highest BCUT2D eigenvalue weighted by Crippen LogP contribution is 2.39. The molecule has 1 amide bonds. The summed E-state index contributed by atoms with van der Waals surface area (Å²) in [6, 6.07) is 4.03. The van der Waals surface area contributed by atoms with Crippen LogP contribution in [0.25, 0.3) is 5.00 Å². The molecule has 0 spiro atoms. The molecule has 0 bridgehead atoms. The van der Waals surface area contributed by atoms with E-state index in [1.165, 1.54) is 16.1 Å². The number of thiophene rings is 1. The molecule has 2 aliphatic rings. The highest BCUT2D eigenvalue weighted by atomic mass is 32.2. The lowest BCUT2D eigenvalue weighted by atomic mass is 10.0. The Labute approximate surface area is 154 Å². The second kappa shape index (κ2) is 6.07. The summed E-state index contributed by atoms with van der Waals surface area (Å²) in [4.78, 5) is 16.8. The van der Waals surface area contributed by atoms with Gasteiger partial charge in [0.25, 0.3) is 5.91 Å². The van der Waals surface area contributed by atoms with Crippen molar-refractivity contribution in [1.29, 1.82) is 0 Å². The summed E-state index contributed by atoms with van der Waals surface area (Å²) in [5.41, 5.74) is 4.50. The first-order valence-electron chi connectivity index (χ1n) is 8.47. The van der Waals surface area contributed by atoms with Gasteiger partial charge in [0, 0.05) is 53.8 Å². The third kappa shape index (κ3) is 2.53. The summed E-state index contributed by atoms with van der Waals surface area (Å²) in [5.74, 6) is 2.29. The second-order valence-corrected chi connectivity index (χ2v) is 8.62. The van der Waals surface area contributed by atoms with Crippen LogP contribution in [0.1, 0.15) is 32.1 Å². The van der Waals surface area contributed by atoms with Crippen LogP contribution in [0.15, 0.2) is 30.7 Å². The Kier molecular flexibility index (Phi) is 3.71. The van der Waals surface area contributed by atoms with Gasteiger partial charge in [-0.25, -0.2) is 0 Å². The lowest BCUT2D eigenvalue weighted by molar-refractivity contribution is 0.0734. The summed E-state index contributed by atoms with van der Waals surface area (Å²) >= 11 is 3.74. The SMILES string of the molecule is O=C(c1c(-n2cccc2)sc2c1CCSC2)N1CCc2[nH]ncc2C1. The Balaban J connectivity index is 1.56. The van der Waals surface area contributed by atoms with Crippen LogP contribution < -0.4 is 0 Å². The molecule has 1 N–H and O–H groups in total. The zero-order chi connectivity index (χ0) is 16.8. The Morgan fingerprint density at radius 2 is 2.12 bits per heavy atom. The Hall–Kier alpha value is -1.99. The standard InChI is InChI=1S/C18H18N4OS2/c23-17(22-7-3-14-12(10-22)9-19-20-14)16-13-4-8-24-11-15(13)25-18(16)21-5-1-2-6-21/h1-2,5-6,9H,3-4,7-8,10-11H2,(H,19,20). The largest absolute Gasteiger partial charge is 0.334 e. The van der Waals surface area contributed by atoms with Crippen molar-refractivity contribution in [3.8, 4) is 5.00 Å². The molecule has 0 radical (unpaired) electrons. The van der Waals surface area contributed by atoms with Gasteiger partial charge in [-0.1, -0.05) is 0 Å². The minimum absolute atomic E-state index is 0.167. The topological polar surface area (TPSA) is 53.9 Å². The lowest BCUT2D eigenvalue weighted by Gasteiger charge is -2.27. The van der Waals surface area contributed by atoms with E-state index in [9.17, 15) is 4.79 Å². The van der Waals surface area contributed by atoms with Gasteiger partial charge in [0.1, 0.15) is 5.00 Å². The fourth-order valence-electron chi connectivity index (χ4n) is 3.64. The molecular formula is C18H18N4OS2. The van der Waals surface area contributed by atoms with Crippen LogP contribution in [0.2, 0.25) is 0 Å². The van der Waals surface area contributed by atoms with Gasteiger partial charge >= 0.3 is 0 Å². The van der Waals surface area contributed by atoms with E-state index in [1.54, 1.807) is 11.3 Å². The van der Waals surface area contributed by atoms with Crippen molar-refractivity contribution >= 4 is 29.0 Å². The van der Waals surface area contributed by atoms with Crippen molar-refractivity contribution in [1.82, 2.24) is 19.7 Å². The Morgan fingerprint density at radius 1 is 1.24 bits per heavy atom. The van der Waals surface area contributed by atoms with E-state index in [0.29, 0.717) is 6.54 Å². The van der Waals surface area contributed by atoms with Crippen molar-refractivity contribution in [3.63, 3.8) is 0 Å². The molecule has 0 fully saturated rings. The molecule has 0 saturated heterocycles. The number of nitrogens with one attached hydrogen (secondary N) is 1. The molecule has 0 aromatic carbocycles. The third-order valence-electron chi connectivity index (χ3n) is 4.94. The molecule has 0 atom stereocenters. The average molecular weight is 371 g/mol. The quantitative estimate of drug-likeness (QED) is 0.753. The summed E-state index contributed by atoms with van der Waals surface area (Å²) in [6.07, 6.45) is 7.75. The van der Waals surface area contributed by atoms with Gasteiger partial charge in [0.15, 0.2) is 0 Å². The van der Waals surface area contributed by atoms with E-state index in [4.69, 9.17) is 0 Å². The van der Waals surface area contributed by atoms with Gasteiger partial charge < -0.3 is 9.47 Å². The number of fused-ring (bicyclic) bond motifs is 2. The smallest absolute Gasteiger partial charge is 0.257 e. The molecular weight excluding hydrogens is 352 g/mol. The molecule has 128 valence electrons. The number of hydrogen-bond acceptors (Lipinski definition) is 4. The summed E-state index contributed by atoms with van der Waals surface area (Å²) in [7, 11) is 0. The van der Waals surface area contributed by atoms with Gasteiger partial charge in [-0.05, 0) is 29.9 Å². The normalized spacial score (nSPS) is 16.6. The number of thioether (sulfide) groups is 1. The van der Waals surface area contributed by atoms with E-state index in [-0.39, 0.29) is 5.91 Å². The zero-order valence-corrected chi connectivity index (χ0v) is 15.3. The number of aromatic nitrogens is 3. The molecule has 5 heterocycles. The lowest BCUT2D eigenvalue weighted by Crippen LogP contribution is -2.36. The first-order valence-corrected chi connectivity index (χ1v) is 10.4. The van der Waals surface area contributed by atoms with E-state index in [0.717, 1.165) is 47.0 Å². The molecule has 5 rings (SSSR count). The molecule has 3 aromatic rings. The summed E-state index contributed by atoms with van der Waals surface area (Å²) in [6.45, 7) is 1.40. The predicted octanol–water partition coefficient (Wildman–Crippen LogP) is 3.25. The molecule has 3 aromatic heterocycles. The molecule has 0 aliphatic carbocycles. The molecule has 7 heteroatoms. The van der Waals surface area contributed by atoms with Gasteiger partial charge in [0.05, 0.1) is 11.8 Å². The minimum atomic E-state index is 0.167. The maximum atomic E-state index is 13.5. The number of aromatic amines is 1. The second-order valence-electron chi connectivity index (χ2n) is 6.43. The van der Waals surface area contributed by atoms with Crippen LogP contribution in [-0.2, 0) is 25.1 Å². The highest BCUT2D eigenvalue weighted by molar-refractivity contribution is 7.98. The highest BCUT2D eigenvalue weighted by Gasteiger charge is 2.31. The number of hydrogen-bond donors (Lipinski definition) is 1. The fourth-order valence-corrected chi connectivity index (χ4v) is 6.08. The van der Waals surface area contributed by atoms with Crippen molar-refractivity contribution in [2.24, 2.45) is 0 Å².